The molecule has 0 bridgehead atoms. The Balaban J connectivity index is 1.90. The second-order valence-electron chi connectivity index (χ2n) is 6.07. The lowest BCUT2D eigenvalue weighted by atomic mass is 9.77. The second kappa shape index (κ2) is 5.50. The van der Waals surface area contributed by atoms with Gasteiger partial charge in [0.15, 0.2) is 0 Å². The van der Waals surface area contributed by atoms with Crippen LogP contribution in [0.4, 0.5) is 0 Å². The fourth-order valence-corrected chi connectivity index (χ4v) is 3.57. The van der Waals surface area contributed by atoms with E-state index >= 15 is 0 Å². The summed E-state index contributed by atoms with van der Waals surface area (Å²) in [7, 11) is 0. The monoisotopic (exact) mass is 225 g/mol. The van der Waals surface area contributed by atoms with Gasteiger partial charge in [0.05, 0.1) is 6.10 Å². The Morgan fingerprint density at radius 2 is 1.62 bits per heavy atom. The molecule has 0 aromatic carbocycles. The van der Waals surface area contributed by atoms with Crippen molar-refractivity contribution < 1.29 is 5.11 Å². The maximum atomic E-state index is 9.88. The molecule has 94 valence electrons. The van der Waals surface area contributed by atoms with E-state index in [9.17, 15) is 5.11 Å². The summed E-state index contributed by atoms with van der Waals surface area (Å²) >= 11 is 0. The highest BCUT2D eigenvalue weighted by atomic mass is 16.3. The van der Waals surface area contributed by atoms with Gasteiger partial charge < -0.3 is 10.4 Å². The van der Waals surface area contributed by atoms with Gasteiger partial charge in [-0.3, -0.25) is 0 Å². The fourth-order valence-electron chi connectivity index (χ4n) is 3.57. The fraction of sp³-hybridized carbons (Fsp3) is 1.00. The van der Waals surface area contributed by atoms with Crippen LogP contribution in [0.15, 0.2) is 0 Å². The zero-order chi connectivity index (χ0) is 11.5. The zero-order valence-corrected chi connectivity index (χ0v) is 10.8. The highest BCUT2D eigenvalue weighted by Crippen LogP contribution is 2.31. The zero-order valence-electron chi connectivity index (χ0n) is 10.8. The summed E-state index contributed by atoms with van der Waals surface area (Å²) in [6, 6.07) is 1.04. The summed E-state index contributed by atoms with van der Waals surface area (Å²) in [6.07, 6.45) is 8.72. The molecule has 2 heteroatoms. The molecule has 2 aliphatic rings. The molecule has 16 heavy (non-hydrogen) atoms. The van der Waals surface area contributed by atoms with Crippen molar-refractivity contribution in [1.29, 1.82) is 0 Å². The predicted octanol–water partition coefficient (Wildman–Crippen LogP) is 2.70. The van der Waals surface area contributed by atoms with Gasteiger partial charge in [-0.05, 0) is 43.9 Å². The van der Waals surface area contributed by atoms with Crippen LogP contribution in [0.3, 0.4) is 0 Å². The van der Waals surface area contributed by atoms with Gasteiger partial charge in [-0.25, -0.2) is 0 Å². The Morgan fingerprint density at radius 3 is 2.25 bits per heavy atom. The average molecular weight is 225 g/mol. The minimum absolute atomic E-state index is 0.0882. The Kier molecular flexibility index (Phi) is 4.26. The summed E-state index contributed by atoms with van der Waals surface area (Å²) < 4.78 is 0. The van der Waals surface area contributed by atoms with Crippen molar-refractivity contribution in [3.63, 3.8) is 0 Å². The first-order valence-electron chi connectivity index (χ1n) is 7.12. The third-order valence-corrected chi connectivity index (χ3v) is 4.58. The molecule has 0 spiro atoms. The second-order valence-corrected chi connectivity index (χ2v) is 6.07. The van der Waals surface area contributed by atoms with Crippen LogP contribution in [-0.4, -0.2) is 23.3 Å². The molecular weight excluding hydrogens is 198 g/mol. The molecule has 0 aromatic heterocycles. The number of hydrogen-bond acceptors (Lipinski definition) is 2. The predicted molar refractivity (Wildman–Crippen MR) is 67.4 cm³/mol. The Labute approximate surface area is 99.8 Å². The van der Waals surface area contributed by atoms with Crippen molar-refractivity contribution in [3.05, 3.63) is 0 Å². The maximum Gasteiger partial charge on any atom is 0.0693 e. The largest absolute Gasteiger partial charge is 0.392 e. The van der Waals surface area contributed by atoms with Crippen molar-refractivity contribution in [1.82, 2.24) is 5.32 Å². The van der Waals surface area contributed by atoms with E-state index in [1.165, 1.54) is 38.5 Å². The summed E-state index contributed by atoms with van der Waals surface area (Å²) in [4.78, 5) is 0. The molecular formula is C14H27NO. The molecule has 0 heterocycles. The van der Waals surface area contributed by atoms with Gasteiger partial charge in [-0.2, -0.15) is 0 Å². The first kappa shape index (κ1) is 12.4. The molecule has 0 saturated heterocycles. The normalized spacial score (nSPS) is 40.5. The van der Waals surface area contributed by atoms with Gasteiger partial charge in [0, 0.05) is 12.1 Å². The summed E-state index contributed by atoms with van der Waals surface area (Å²) in [5, 5.41) is 13.6. The van der Waals surface area contributed by atoms with Crippen molar-refractivity contribution >= 4 is 0 Å². The van der Waals surface area contributed by atoms with E-state index in [4.69, 9.17) is 0 Å². The number of nitrogens with one attached hydrogen (secondary N) is 1. The van der Waals surface area contributed by atoms with Gasteiger partial charge in [0.1, 0.15) is 0 Å². The molecule has 0 amide bonds. The van der Waals surface area contributed by atoms with E-state index in [0.29, 0.717) is 12.1 Å². The number of rotatable bonds is 3. The Hall–Kier alpha value is -0.0800. The molecule has 2 saturated carbocycles. The van der Waals surface area contributed by atoms with Gasteiger partial charge in [0.25, 0.3) is 0 Å². The van der Waals surface area contributed by atoms with Crippen LogP contribution < -0.4 is 5.32 Å². The van der Waals surface area contributed by atoms with Crippen LogP contribution in [0, 0.1) is 11.8 Å². The van der Waals surface area contributed by atoms with E-state index < -0.39 is 0 Å². The van der Waals surface area contributed by atoms with Crippen LogP contribution in [0.2, 0.25) is 0 Å². The average Bonchev–Trinajstić information content (AvgIpc) is 2.65. The Morgan fingerprint density at radius 1 is 0.938 bits per heavy atom. The van der Waals surface area contributed by atoms with Gasteiger partial charge >= 0.3 is 0 Å². The molecule has 2 N–H and O–H groups in total. The van der Waals surface area contributed by atoms with Crippen molar-refractivity contribution in [3.8, 4) is 0 Å². The third-order valence-electron chi connectivity index (χ3n) is 4.58. The minimum Gasteiger partial charge on any atom is -0.392 e. The van der Waals surface area contributed by atoms with E-state index in [0.717, 1.165) is 18.3 Å². The lowest BCUT2D eigenvalue weighted by Crippen LogP contribution is -2.48. The molecule has 0 aliphatic heterocycles. The highest BCUT2D eigenvalue weighted by Gasteiger charge is 2.32. The van der Waals surface area contributed by atoms with Crippen molar-refractivity contribution in [2.45, 2.75) is 77.0 Å². The van der Waals surface area contributed by atoms with Crippen LogP contribution in [-0.2, 0) is 0 Å². The lowest BCUT2D eigenvalue weighted by Gasteiger charge is -2.37. The first-order valence-corrected chi connectivity index (χ1v) is 7.12. The number of aliphatic hydroxyl groups is 1. The summed E-state index contributed by atoms with van der Waals surface area (Å²) in [5.74, 6) is 1.60. The van der Waals surface area contributed by atoms with Gasteiger partial charge in [-0.1, -0.05) is 26.7 Å². The molecule has 0 aromatic rings. The number of hydrogen-bond donors (Lipinski definition) is 2. The van der Waals surface area contributed by atoms with Crippen LogP contribution in [0.5, 0.6) is 0 Å². The van der Waals surface area contributed by atoms with Crippen LogP contribution in [0.25, 0.3) is 0 Å². The van der Waals surface area contributed by atoms with Crippen molar-refractivity contribution in [2.75, 3.05) is 0 Å². The number of aliphatic hydroxyl groups excluding tert-OH is 1. The summed E-state index contributed by atoms with van der Waals surface area (Å²) in [6.45, 7) is 4.69. The smallest absolute Gasteiger partial charge is 0.0693 e. The molecule has 2 fully saturated rings. The first-order chi connectivity index (χ1) is 7.68. The van der Waals surface area contributed by atoms with E-state index in [1.807, 2.05) is 0 Å². The molecule has 2 nitrogen and oxygen atoms in total. The molecule has 4 atom stereocenters. The van der Waals surface area contributed by atoms with Crippen LogP contribution in [0.1, 0.15) is 58.8 Å². The molecule has 2 rings (SSSR count). The van der Waals surface area contributed by atoms with E-state index in [-0.39, 0.29) is 6.10 Å². The van der Waals surface area contributed by atoms with Gasteiger partial charge in [-0.15, -0.1) is 0 Å². The van der Waals surface area contributed by atoms with Crippen LogP contribution >= 0.6 is 0 Å². The quantitative estimate of drug-likeness (QED) is 0.774. The lowest BCUT2D eigenvalue weighted by molar-refractivity contribution is 0.118. The molecule has 2 unspecified atom stereocenters. The topological polar surface area (TPSA) is 32.3 Å². The third kappa shape index (κ3) is 2.78. The Bertz CT molecular complexity index is 217. The minimum atomic E-state index is -0.0882. The molecule has 2 aliphatic carbocycles. The maximum absolute atomic E-state index is 9.88. The molecule has 0 radical (unpaired) electrons. The standard InChI is InChI=1S/C14H27NO/c1-10(2)11-6-3-4-7-12(11)15-13-8-5-9-14(13)16/h10-16H,3-9H2,1-2H3/t11?,12?,13-,14-/m1/s1. The van der Waals surface area contributed by atoms with E-state index in [1.54, 1.807) is 0 Å². The van der Waals surface area contributed by atoms with Crippen molar-refractivity contribution in [2.24, 2.45) is 11.8 Å². The SMILES string of the molecule is CC(C)C1CCCCC1N[C@@H]1CCC[C@H]1O. The van der Waals surface area contributed by atoms with E-state index in [2.05, 4.69) is 19.2 Å². The highest BCUT2D eigenvalue weighted by molar-refractivity contribution is 4.90. The van der Waals surface area contributed by atoms with Gasteiger partial charge in [0.2, 0.25) is 0 Å². The summed E-state index contributed by atoms with van der Waals surface area (Å²) in [5.41, 5.74) is 0.